The maximum atomic E-state index is 12.7. The largest absolute Gasteiger partial charge is 0.406 e. The molecule has 0 radical (unpaired) electrons. The molecule has 0 aliphatic heterocycles. The third-order valence-electron chi connectivity index (χ3n) is 3.58. The first-order chi connectivity index (χ1) is 12.1. The number of carbonyl (C=O) groups is 2. The van der Waals surface area contributed by atoms with Crippen LogP contribution >= 0.6 is 0 Å². The molecule has 1 heterocycles. The molecule has 2 rings (SSSR count). The molecule has 1 aromatic heterocycles. The van der Waals surface area contributed by atoms with Gasteiger partial charge in [-0.3, -0.25) is 19.0 Å². The lowest BCUT2D eigenvalue weighted by Crippen LogP contribution is -2.46. The van der Waals surface area contributed by atoms with Gasteiger partial charge in [0.2, 0.25) is 11.8 Å². The summed E-state index contributed by atoms with van der Waals surface area (Å²) in [6.45, 7) is -2.96. The van der Waals surface area contributed by atoms with Crippen LogP contribution in [0, 0.1) is 0 Å². The standard InChI is InChI=1S/C16H17F3N4O3/c1-21(2)13(24)7-22(9-16(17,18)19)14(25)8-23-10-20-12-6-4-3-5-11(12)15(23)26/h3-6,10H,7-9H2,1-2H3. The van der Waals surface area contributed by atoms with Gasteiger partial charge in [0.15, 0.2) is 0 Å². The summed E-state index contributed by atoms with van der Waals surface area (Å²) in [6.07, 6.45) is -3.57. The van der Waals surface area contributed by atoms with Crippen molar-refractivity contribution in [3.05, 3.63) is 40.9 Å². The summed E-state index contributed by atoms with van der Waals surface area (Å²) >= 11 is 0. The van der Waals surface area contributed by atoms with Gasteiger partial charge < -0.3 is 9.80 Å². The Labute approximate surface area is 146 Å². The zero-order chi connectivity index (χ0) is 19.5. The first-order valence-electron chi connectivity index (χ1n) is 7.57. The van der Waals surface area contributed by atoms with Crippen LogP contribution in [0.3, 0.4) is 0 Å². The number of amides is 2. The third-order valence-corrected chi connectivity index (χ3v) is 3.58. The molecule has 0 bridgehead atoms. The van der Waals surface area contributed by atoms with E-state index in [4.69, 9.17) is 0 Å². The zero-order valence-electron chi connectivity index (χ0n) is 14.2. The summed E-state index contributed by atoms with van der Waals surface area (Å²) < 4.78 is 39.2. The van der Waals surface area contributed by atoms with Gasteiger partial charge in [0.1, 0.15) is 19.6 Å². The molecule has 2 aromatic rings. The van der Waals surface area contributed by atoms with Gasteiger partial charge in [-0.25, -0.2) is 4.98 Å². The Morgan fingerprint density at radius 2 is 1.81 bits per heavy atom. The summed E-state index contributed by atoms with van der Waals surface area (Å²) in [5.74, 6) is -1.66. The number of rotatable bonds is 5. The van der Waals surface area contributed by atoms with Crippen LogP contribution in [0.25, 0.3) is 10.9 Å². The average molecular weight is 370 g/mol. The van der Waals surface area contributed by atoms with Crippen molar-refractivity contribution in [2.24, 2.45) is 0 Å². The molecule has 10 heteroatoms. The van der Waals surface area contributed by atoms with Crippen molar-refractivity contribution in [3.8, 4) is 0 Å². The highest BCUT2D eigenvalue weighted by atomic mass is 19.4. The maximum Gasteiger partial charge on any atom is 0.406 e. The van der Waals surface area contributed by atoms with Crippen LogP contribution in [-0.4, -0.2) is 64.5 Å². The molecular formula is C16H17F3N4O3. The first kappa shape index (κ1) is 19.4. The Kier molecular flexibility index (Phi) is 5.63. The highest BCUT2D eigenvalue weighted by molar-refractivity contribution is 5.85. The van der Waals surface area contributed by atoms with Gasteiger partial charge in [0, 0.05) is 14.1 Å². The lowest BCUT2D eigenvalue weighted by Gasteiger charge is -2.25. The SMILES string of the molecule is CN(C)C(=O)CN(CC(F)(F)F)C(=O)Cn1cnc2ccccc2c1=O. The van der Waals surface area contributed by atoms with E-state index in [1.807, 2.05) is 0 Å². The van der Waals surface area contributed by atoms with E-state index in [0.717, 1.165) is 15.8 Å². The molecule has 0 aliphatic carbocycles. The van der Waals surface area contributed by atoms with Crippen molar-refractivity contribution in [1.29, 1.82) is 0 Å². The van der Waals surface area contributed by atoms with E-state index in [-0.39, 0.29) is 5.39 Å². The molecule has 0 saturated carbocycles. The van der Waals surface area contributed by atoms with Gasteiger partial charge in [-0.2, -0.15) is 13.2 Å². The minimum atomic E-state index is -4.67. The Hall–Kier alpha value is -2.91. The second-order valence-corrected chi connectivity index (χ2v) is 5.85. The second-order valence-electron chi connectivity index (χ2n) is 5.85. The number of hydrogen-bond donors (Lipinski definition) is 0. The second kappa shape index (κ2) is 7.54. The van der Waals surface area contributed by atoms with E-state index < -0.39 is 43.2 Å². The summed E-state index contributed by atoms with van der Waals surface area (Å²) in [5.41, 5.74) is -0.133. The zero-order valence-corrected chi connectivity index (χ0v) is 14.2. The smallest absolute Gasteiger partial charge is 0.347 e. The number of carbonyl (C=O) groups excluding carboxylic acids is 2. The highest BCUT2D eigenvalue weighted by Crippen LogP contribution is 2.17. The fourth-order valence-corrected chi connectivity index (χ4v) is 2.22. The van der Waals surface area contributed by atoms with E-state index >= 15 is 0 Å². The third kappa shape index (κ3) is 4.80. The highest BCUT2D eigenvalue weighted by Gasteiger charge is 2.34. The summed E-state index contributed by atoms with van der Waals surface area (Å²) in [5, 5.41) is 0.245. The molecule has 140 valence electrons. The molecule has 0 N–H and O–H groups in total. The normalized spacial score (nSPS) is 11.4. The summed E-state index contributed by atoms with van der Waals surface area (Å²) in [4.78, 5) is 41.9. The molecule has 0 saturated heterocycles. The first-order valence-corrected chi connectivity index (χ1v) is 7.57. The quantitative estimate of drug-likeness (QED) is 0.783. The van der Waals surface area contributed by atoms with E-state index in [9.17, 15) is 27.6 Å². The molecule has 0 aliphatic rings. The fourth-order valence-electron chi connectivity index (χ4n) is 2.22. The van der Waals surface area contributed by atoms with Crippen LogP contribution in [0.1, 0.15) is 0 Å². The number of nitrogens with zero attached hydrogens (tertiary/aromatic N) is 4. The number of alkyl halides is 3. The molecule has 0 fully saturated rings. The topological polar surface area (TPSA) is 75.5 Å². The van der Waals surface area contributed by atoms with E-state index in [1.165, 1.54) is 20.2 Å². The molecular weight excluding hydrogens is 353 g/mol. The molecule has 0 unspecified atom stereocenters. The Morgan fingerprint density at radius 3 is 2.42 bits per heavy atom. The van der Waals surface area contributed by atoms with Crippen LogP contribution in [0.5, 0.6) is 0 Å². The summed E-state index contributed by atoms with van der Waals surface area (Å²) in [6, 6.07) is 6.41. The van der Waals surface area contributed by atoms with Crippen molar-refractivity contribution >= 4 is 22.7 Å². The van der Waals surface area contributed by atoms with E-state index in [1.54, 1.807) is 18.2 Å². The molecule has 0 atom stereocenters. The number of halogens is 3. The van der Waals surface area contributed by atoms with Gasteiger partial charge in [-0.15, -0.1) is 0 Å². The van der Waals surface area contributed by atoms with Gasteiger partial charge in [-0.05, 0) is 12.1 Å². The molecule has 0 spiro atoms. The van der Waals surface area contributed by atoms with Crippen molar-refractivity contribution < 1.29 is 22.8 Å². The average Bonchev–Trinajstić information content (AvgIpc) is 2.55. The Balaban J connectivity index is 2.27. The lowest BCUT2D eigenvalue weighted by molar-refractivity contribution is -0.164. The van der Waals surface area contributed by atoms with Crippen molar-refractivity contribution in [3.63, 3.8) is 0 Å². The van der Waals surface area contributed by atoms with Crippen molar-refractivity contribution in [1.82, 2.24) is 19.4 Å². The lowest BCUT2D eigenvalue weighted by atomic mass is 10.2. The van der Waals surface area contributed by atoms with E-state index in [0.29, 0.717) is 10.4 Å². The monoisotopic (exact) mass is 370 g/mol. The van der Waals surface area contributed by atoms with Crippen molar-refractivity contribution in [2.75, 3.05) is 27.2 Å². The van der Waals surface area contributed by atoms with Gasteiger partial charge in [-0.1, -0.05) is 12.1 Å². The molecule has 1 aromatic carbocycles. The van der Waals surface area contributed by atoms with Gasteiger partial charge in [0.25, 0.3) is 5.56 Å². The number of likely N-dealkylation sites (N-methyl/N-ethyl adjacent to an activating group) is 1. The minimum absolute atomic E-state index is 0.245. The summed E-state index contributed by atoms with van der Waals surface area (Å²) in [7, 11) is 2.74. The van der Waals surface area contributed by atoms with E-state index in [2.05, 4.69) is 4.98 Å². The number of fused-ring (bicyclic) bond motifs is 1. The van der Waals surface area contributed by atoms with Crippen LogP contribution in [0.4, 0.5) is 13.2 Å². The number of hydrogen-bond acceptors (Lipinski definition) is 4. The van der Waals surface area contributed by atoms with Gasteiger partial charge >= 0.3 is 6.18 Å². The Bertz CT molecular complexity index is 877. The predicted molar refractivity (Wildman–Crippen MR) is 87.3 cm³/mol. The van der Waals surface area contributed by atoms with Crippen LogP contribution < -0.4 is 5.56 Å². The number of para-hydroxylation sites is 1. The molecule has 7 nitrogen and oxygen atoms in total. The number of aromatic nitrogens is 2. The maximum absolute atomic E-state index is 12.7. The van der Waals surface area contributed by atoms with Gasteiger partial charge in [0.05, 0.1) is 17.2 Å². The molecule has 26 heavy (non-hydrogen) atoms. The fraction of sp³-hybridized carbons (Fsp3) is 0.375. The Morgan fingerprint density at radius 1 is 1.15 bits per heavy atom. The van der Waals surface area contributed by atoms with Crippen LogP contribution in [0.15, 0.2) is 35.4 Å². The van der Waals surface area contributed by atoms with Crippen LogP contribution in [0.2, 0.25) is 0 Å². The predicted octanol–water partition coefficient (Wildman–Crippen LogP) is 0.876. The number of benzene rings is 1. The van der Waals surface area contributed by atoms with Crippen LogP contribution in [-0.2, 0) is 16.1 Å². The minimum Gasteiger partial charge on any atom is -0.347 e. The van der Waals surface area contributed by atoms with Crippen molar-refractivity contribution in [2.45, 2.75) is 12.7 Å². The molecule has 2 amide bonds.